The van der Waals surface area contributed by atoms with Gasteiger partial charge in [-0.25, -0.2) is 4.79 Å². The average molecular weight is 302 g/mol. The second-order valence-electron chi connectivity index (χ2n) is 5.48. The molecule has 0 fully saturated rings. The number of hydrogen-bond acceptors (Lipinski definition) is 4. The van der Waals surface area contributed by atoms with Crippen LogP contribution in [0.3, 0.4) is 0 Å². The standard InChI is InChI=1S/C17H34O4/c1-3-4-5-6-7-8-9-10-11-12-15-20-17(18)21-16-13-14-19-2/h3-16H2,1-2H3. The largest absolute Gasteiger partial charge is 0.508 e. The molecule has 0 aromatic carbocycles. The molecule has 4 heteroatoms. The highest BCUT2D eigenvalue weighted by atomic mass is 16.7. The Morgan fingerprint density at radius 3 is 1.67 bits per heavy atom. The highest BCUT2D eigenvalue weighted by molar-refractivity contribution is 5.59. The Balaban J connectivity index is 3.09. The third kappa shape index (κ3) is 17.2. The Hall–Kier alpha value is -0.770. The third-order valence-electron chi connectivity index (χ3n) is 3.43. The van der Waals surface area contributed by atoms with Gasteiger partial charge in [-0.1, -0.05) is 64.7 Å². The second kappa shape index (κ2) is 17.3. The maximum atomic E-state index is 11.2. The number of carbonyl (C=O) groups excluding carboxylic acids is 1. The molecule has 0 N–H and O–H groups in total. The predicted octanol–water partition coefficient (Wildman–Crippen LogP) is 5.10. The van der Waals surface area contributed by atoms with Gasteiger partial charge in [0.1, 0.15) is 0 Å². The van der Waals surface area contributed by atoms with Gasteiger partial charge in [0, 0.05) is 20.1 Å². The molecular formula is C17H34O4. The van der Waals surface area contributed by atoms with Gasteiger partial charge in [0.05, 0.1) is 13.2 Å². The fraction of sp³-hybridized carbons (Fsp3) is 0.941. The summed E-state index contributed by atoms with van der Waals surface area (Å²) in [5.41, 5.74) is 0. The van der Waals surface area contributed by atoms with Crippen molar-refractivity contribution in [3.8, 4) is 0 Å². The van der Waals surface area contributed by atoms with E-state index in [1.807, 2.05) is 0 Å². The van der Waals surface area contributed by atoms with Gasteiger partial charge in [0.15, 0.2) is 0 Å². The highest BCUT2D eigenvalue weighted by Gasteiger charge is 2.02. The fourth-order valence-corrected chi connectivity index (χ4v) is 2.15. The van der Waals surface area contributed by atoms with E-state index in [9.17, 15) is 4.79 Å². The van der Waals surface area contributed by atoms with E-state index in [0.717, 1.165) is 12.8 Å². The SMILES string of the molecule is CCCCCCCCCCCCOC(=O)OCCCOC. The van der Waals surface area contributed by atoms with Crippen LogP contribution in [0.5, 0.6) is 0 Å². The van der Waals surface area contributed by atoms with E-state index in [0.29, 0.717) is 26.2 Å². The lowest BCUT2D eigenvalue weighted by Gasteiger charge is -2.06. The van der Waals surface area contributed by atoms with Crippen molar-refractivity contribution in [2.75, 3.05) is 26.9 Å². The molecule has 0 aliphatic heterocycles. The summed E-state index contributed by atoms with van der Waals surface area (Å²) >= 11 is 0. The van der Waals surface area contributed by atoms with Crippen molar-refractivity contribution in [2.24, 2.45) is 0 Å². The number of carbonyl (C=O) groups is 1. The zero-order chi connectivity index (χ0) is 15.6. The first-order chi connectivity index (χ1) is 10.3. The zero-order valence-corrected chi connectivity index (χ0v) is 14.0. The van der Waals surface area contributed by atoms with Crippen LogP contribution in [0, 0.1) is 0 Å². The lowest BCUT2D eigenvalue weighted by Crippen LogP contribution is -2.10. The van der Waals surface area contributed by atoms with Crippen molar-refractivity contribution >= 4 is 6.16 Å². The first kappa shape index (κ1) is 20.2. The maximum absolute atomic E-state index is 11.2. The molecule has 0 spiro atoms. The lowest BCUT2D eigenvalue weighted by atomic mass is 10.1. The summed E-state index contributed by atoms with van der Waals surface area (Å²) in [6, 6.07) is 0. The van der Waals surface area contributed by atoms with Crippen LogP contribution in [0.1, 0.15) is 77.6 Å². The van der Waals surface area contributed by atoms with Crippen molar-refractivity contribution in [1.29, 1.82) is 0 Å². The van der Waals surface area contributed by atoms with Crippen LogP contribution < -0.4 is 0 Å². The number of hydrogen-bond donors (Lipinski definition) is 0. The van der Waals surface area contributed by atoms with E-state index < -0.39 is 6.16 Å². The first-order valence-electron chi connectivity index (χ1n) is 8.59. The van der Waals surface area contributed by atoms with Crippen molar-refractivity contribution < 1.29 is 19.0 Å². The first-order valence-corrected chi connectivity index (χ1v) is 8.59. The van der Waals surface area contributed by atoms with Crippen LogP contribution >= 0.6 is 0 Å². The Kier molecular flexibility index (Phi) is 16.6. The molecule has 0 heterocycles. The van der Waals surface area contributed by atoms with Gasteiger partial charge in [-0.05, 0) is 6.42 Å². The van der Waals surface area contributed by atoms with E-state index in [2.05, 4.69) is 6.92 Å². The van der Waals surface area contributed by atoms with Crippen LogP contribution in [-0.4, -0.2) is 33.1 Å². The molecule has 126 valence electrons. The van der Waals surface area contributed by atoms with Gasteiger partial charge in [0.2, 0.25) is 0 Å². The minimum atomic E-state index is -0.554. The molecule has 0 aliphatic carbocycles. The Bertz CT molecular complexity index is 219. The van der Waals surface area contributed by atoms with Gasteiger partial charge in [0.25, 0.3) is 0 Å². The lowest BCUT2D eigenvalue weighted by molar-refractivity contribution is 0.0479. The van der Waals surface area contributed by atoms with Crippen LogP contribution in [0.25, 0.3) is 0 Å². The second-order valence-corrected chi connectivity index (χ2v) is 5.48. The predicted molar refractivity (Wildman–Crippen MR) is 85.6 cm³/mol. The summed E-state index contributed by atoms with van der Waals surface area (Å²) in [5, 5.41) is 0. The van der Waals surface area contributed by atoms with E-state index in [1.165, 1.54) is 51.4 Å². The van der Waals surface area contributed by atoms with Gasteiger partial charge in [-0.3, -0.25) is 0 Å². The van der Waals surface area contributed by atoms with Gasteiger partial charge >= 0.3 is 6.16 Å². The molecular weight excluding hydrogens is 268 g/mol. The molecule has 0 unspecified atom stereocenters. The summed E-state index contributed by atoms with van der Waals surface area (Å²) in [7, 11) is 1.63. The number of ether oxygens (including phenoxy) is 3. The van der Waals surface area contributed by atoms with Crippen LogP contribution in [0.15, 0.2) is 0 Å². The molecule has 0 radical (unpaired) electrons. The molecule has 0 aromatic heterocycles. The molecule has 0 rings (SSSR count). The van der Waals surface area contributed by atoms with Crippen LogP contribution in [0.2, 0.25) is 0 Å². The summed E-state index contributed by atoms with van der Waals surface area (Å²) in [4.78, 5) is 11.2. The molecule has 0 atom stereocenters. The average Bonchev–Trinajstić information content (AvgIpc) is 2.49. The summed E-state index contributed by atoms with van der Waals surface area (Å²) in [5.74, 6) is 0. The summed E-state index contributed by atoms with van der Waals surface area (Å²) < 4.78 is 14.8. The Morgan fingerprint density at radius 1 is 0.667 bits per heavy atom. The molecule has 0 bridgehead atoms. The molecule has 4 nitrogen and oxygen atoms in total. The summed E-state index contributed by atoms with van der Waals surface area (Å²) in [6.45, 7) is 3.69. The topological polar surface area (TPSA) is 44.8 Å². The van der Waals surface area contributed by atoms with Crippen molar-refractivity contribution in [1.82, 2.24) is 0 Å². The van der Waals surface area contributed by atoms with E-state index in [1.54, 1.807) is 7.11 Å². The number of methoxy groups -OCH3 is 1. The molecule has 0 aromatic rings. The van der Waals surface area contributed by atoms with Crippen molar-refractivity contribution in [3.63, 3.8) is 0 Å². The number of rotatable bonds is 15. The van der Waals surface area contributed by atoms with Crippen LogP contribution in [0.4, 0.5) is 4.79 Å². The zero-order valence-electron chi connectivity index (χ0n) is 14.0. The smallest absolute Gasteiger partial charge is 0.434 e. The van der Waals surface area contributed by atoms with Crippen molar-refractivity contribution in [3.05, 3.63) is 0 Å². The minimum Gasteiger partial charge on any atom is -0.434 e. The monoisotopic (exact) mass is 302 g/mol. The molecule has 0 saturated carbocycles. The molecule has 0 saturated heterocycles. The van der Waals surface area contributed by atoms with E-state index in [4.69, 9.17) is 14.2 Å². The normalized spacial score (nSPS) is 10.6. The third-order valence-corrected chi connectivity index (χ3v) is 3.43. The molecule has 0 amide bonds. The highest BCUT2D eigenvalue weighted by Crippen LogP contribution is 2.10. The summed E-state index contributed by atoms with van der Waals surface area (Å²) in [6.07, 6.45) is 12.9. The van der Waals surface area contributed by atoms with Crippen molar-refractivity contribution in [2.45, 2.75) is 77.6 Å². The quantitative estimate of drug-likeness (QED) is 0.312. The molecule has 0 aliphatic rings. The number of unbranched alkanes of at least 4 members (excludes halogenated alkanes) is 9. The van der Waals surface area contributed by atoms with Gasteiger partial charge in [-0.15, -0.1) is 0 Å². The maximum Gasteiger partial charge on any atom is 0.508 e. The van der Waals surface area contributed by atoms with E-state index in [-0.39, 0.29) is 0 Å². The minimum absolute atomic E-state index is 0.366. The fourth-order valence-electron chi connectivity index (χ4n) is 2.15. The van der Waals surface area contributed by atoms with Crippen LogP contribution in [-0.2, 0) is 14.2 Å². The Morgan fingerprint density at radius 2 is 1.14 bits per heavy atom. The molecule has 21 heavy (non-hydrogen) atoms. The van der Waals surface area contributed by atoms with Gasteiger partial charge < -0.3 is 14.2 Å². The Labute approximate surface area is 130 Å². The van der Waals surface area contributed by atoms with Gasteiger partial charge in [-0.2, -0.15) is 0 Å². The van der Waals surface area contributed by atoms with E-state index >= 15 is 0 Å².